The maximum absolute atomic E-state index is 5.83. The molecule has 0 saturated carbocycles. The smallest absolute Gasteiger partial charge is 0.163 e. The van der Waals surface area contributed by atoms with Gasteiger partial charge in [-0.15, -0.1) is 0 Å². The van der Waals surface area contributed by atoms with Gasteiger partial charge in [-0.25, -0.2) is 0 Å². The molecule has 1 saturated heterocycles. The summed E-state index contributed by atoms with van der Waals surface area (Å²) < 4.78 is 22.2. The van der Waals surface area contributed by atoms with Crippen LogP contribution in [0.2, 0.25) is 0 Å². The zero-order valence-corrected chi connectivity index (χ0v) is 13.9. The lowest BCUT2D eigenvalue weighted by molar-refractivity contribution is -0.188. The van der Waals surface area contributed by atoms with Crippen molar-refractivity contribution in [3.8, 4) is 23.7 Å². The highest BCUT2D eigenvalue weighted by atomic mass is 16.7. The maximum Gasteiger partial charge on any atom is 0.163 e. The number of ether oxygens (including phenoxy) is 4. The Bertz CT molecular complexity index is 445. The SMILES string of the molecule is CC[C@H]1OC(C)(C)O[C@@H]1CC#CC#CCOC(C)(C)OC. The molecule has 1 heterocycles. The Kier molecular flexibility index (Phi) is 6.71. The van der Waals surface area contributed by atoms with E-state index in [4.69, 9.17) is 18.9 Å². The summed E-state index contributed by atoms with van der Waals surface area (Å²) in [5.41, 5.74) is 0. The number of hydrogen-bond acceptors (Lipinski definition) is 4. The Labute approximate surface area is 128 Å². The van der Waals surface area contributed by atoms with Gasteiger partial charge in [-0.3, -0.25) is 0 Å². The van der Waals surface area contributed by atoms with Crippen molar-refractivity contribution in [2.75, 3.05) is 13.7 Å². The molecule has 0 spiro atoms. The molecule has 1 aliphatic rings. The van der Waals surface area contributed by atoms with Gasteiger partial charge in [0.2, 0.25) is 0 Å². The van der Waals surface area contributed by atoms with Crippen molar-refractivity contribution in [1.82, 2.24) is 0 Å². The molecule has 0 amide bonds. The van der Waals surface area contributed by atoms with Crippen molar-refractivity contribution in [2.24, 2.45) is 0 Å². The standard InChI is InChI=1S/C17H26O4/c1-7-14-15(21-17(4,5)20-14)12-10-8-9-11-13-19-16(2,3)18-6/h14-15H,7,12-13H2,1-6H3/t14-,15-/m1/s1. The van der Waals surface area contributed by atoms with E-state index in [1.54, 1.807) is 7.11 Å². The fraction of sp³-hybridized carbons (Fsp3) is 0.765. The average molecular weight is 294 g/mol. The van der Waals surface area contributed by atoms with Crippen LogP contribution < -0.4 is 0 Å². The molecule has 0 aromatic heterocycles. The molecule has 4 heteroatoms. The van der Waals surface area contributed by atoms with Crippen LogP contribution in [0.5, 0.6) is 0 Å². The van der Waals surface area contributed by atoms with E-state index in [2.05, 4.69) is 30.6 Å². The van der Waals surface area contributed by atoms with E-state index in [-0.39, 0.29) is 12.2 Å². The molecule has 0 aromatic carbocycles. The molecule has 118 valence electrons. The van der Waals surface area contributed by atoms with E-state index in [1.807, 2.05) is 27.7 Å². The van der Waals surface area contributed by atoms with Crippen molar-refractivity contribution < 1.29 is 18.9 Å². The first-order chi connectivity index (χ1) is 9.79. The summed E-state index contributed by atoms with van der Waals surface area (Å²) in [6.45, 7) is 9.91. The van der Waals surface area contributed by atoms with Crippen molar-refractivity contribution in [2.45, 2.75) is 71.2 Å². The van der Waals surface area contributed by atoms with E-state index >= 15 is 0 Å². The van der Waals surface area contributed by atoms with Gasteiger partial charge in [0.25, 0.3) is 0 Å². The average Bonchev–Trinajstić information content (AvgIpc) is 2.72. The van der Waals surface area contributed by atoms with Crippen molar-refractivity contribution in [3.05, 3.63) is 0 Å². The van der Waals surface area contributed by atoms with Crippen LogP contribution in [0.25, 0.3) is 0 Å². The molecule has 1 rings (SSSR count). The monoisotopic (exact) mass is 294 g/mol. The summed E-state index contributed by atoms with van der Waals surface area (Å²) in [5.74, 6) is 10.3. The lowest BCUT2D eigenvalue weighted by Gasteiger charge is -2.21. The molecule has 1 fully saturated rings. The van der Waals surface area contributed by atoms with Crippen molar-refractivity contribution in [1.29, 1.82) is 0 Å². The van der Waals surface area contributed by atoms with Gasteiger partial charge in [-0.1, -0.05) is 18.8 Å². The van der Waals surface area contributed by atoms with Crippen molar-refractivity contribution in [3.63, 3.8) is 0 Å². The summed E-state index contributed by atoms with van der Waals surface area (Å²) in [6, 6.07) is 0. The third-order valence-electron chi connectivity index (χ3n) is 3.21. The molecular formula is C17H26O4. The first-order valence-corrected chi connectivity index (χ1v) is 7.30. The maximum atomic E-state index is 5.83. The lowest BCUT2D eigenvalue weighted by atomic mass is 10.1. The number of methoxy groups -OCH3 is 1. The van der Waals surface area contributed by atoms with Gasteiger partial charge >= 0.3 is 0 Å². The van der Waals surface area contributed by atoms with Crippen LogP contribution in [0.1, 0.15) is 47.5 Å². The van der Waals surface area contributed by atoms with Crippen LogP contribution in [-0.2, 0) is 18.9 Å². The van der Waals surface area contributed by atoms with Crippen LogP contribution in [-0.4, -0.2) is 37.5 Å². The summed E-state index contributed by atoms with van der Waals surface area (Å²) in [4.78, 5) is 0. The Morgan fingerprint density at radius 2 is 1.71 bits per heavy atom. The molecule has 21 heavy (non-hydrogen) atoms. The third-order valence-corrected chi connectivity index (χ3v) is 3.21. The van der Waals surface area contributed by atoms with E-state index in [0.29, 0.717) is 13.0 Å². The van der Waals surface area contributed by atoms with Gasteiger partial charge < -0.3 is 18.9 Å². The second-order valence-electron chi connectivity index (χ2n) is 5.82. The molecule has 0 bridgehead atoms. The fourth-order valence-corrected chi connectivity index (χ4v) is 1.97. The molecular weight excluding hydrogens is 268 g/mol. The molecule has 1 aliphatic heterocycles. The minimum atomic E-state index is -0.614. The normalized spacial score (nSPS) is 23.9. The van der Waals surface area contributed by atoms with Crippen LogP contribution in [0.15, 0.2) is 0 Å². The second kappa shape index (κ2) is 7.82. The Hall–Kier alpha value is -1.04. The molecule has 0 aromatic rings. The summed E-state index contributed by atoms with van der Waals surface area (Å²) in [6.07, 6.45) is 1.67. The van der Waals surface area contributed by atoms with Gasteiger partial charge in [0.1, 0.15) is 6.61 Å². The zero-order valence-electron chi connectivity index (χ0n) is 13.9. The van der Waals surface area contributed by atoms with Crippen LogP contribution in [0, 0.1) is 23.7 Å². The third kappa shape index (κ3) is 6.50. The van der Waals surface area contributed by atoms with E-state index in [1.165, 1.54) is 0 Å². The zero-order chi connectivity index (χ0) is 15.9. The summed E-state index contributed by atoms with van der Waals surface area (Å²) in [7, 11) is 1.60. The fourth-order valence-electron chi connectivity index (χ4n) is 1.97. The van der Waals surface area contributed by atoms with Gasteiger partial charge in [0.05, 0.1) is 12.2 Å². The molecule has 0 N–H and O–H groups in total. The number of hydrogen-bond donors (Lipinski definition) is 0. The molecule has 4 nitrogen and oxygen atoms in total. The Morgan fingerprint density at radius 3 is 2.33 bits per heavy atom. The second-order valence-corrected chi connectivity index (χ2v) is 5.82. The first-order valence-electron chi connectivity index (χ1n) is 7.30. The van der Waals surface area contributed by atoms with E-state index in [9.17, 15) is 0 Å². The molecule has 0 aliphatic carbocycles. The van der Waals surface area contributed by atoms with Gasteiger partial charge in [-0.05, 0) is 46.0 Å². The topological polar surface area (TPSA) is 36.9 Å². The largest absolute Gasteiger partial charge is 0.354 e. The van der Waals surface area contributed by atoms with Gasteiger partial charge in [0.15, 0.2) is 11.6 Å². The summed E-state index contributed by atoms with van der Waals surface area (Å²) >= 11 is 0. The van der Waals surface area contributed by atoms with Crippen molar-refractivity contribution >= 4 is 0 Å². The summed E-state index contributed by atoms with van der Waals surface area (Å²) in [5, 5.41) is 0. The van der Waals surface area contributed by atoms with Crippen LogP contribution in [0.4, 0.5) is 0 Å². The Morgan fingerprint density at radius 1 is 1.10 bits per heavy atom. The van der Waals surface area contributed by atoms with Gasteiger partial charge in [0, 0.05) is 13.5 Å². The van der Waals surface area contributed by atoms with E-state index in [0.717, 1.165) is 6.42 Å². The quantitative estimate of drug-likeness (QED) is 0.577. The highest BCUT2D eigenvalue weighted by Gasteiger charge is 2.39. The molecule has 0 radical (unpaired) electrons. The number of rotatable bonds is 5. The highest BCUT2D eigenvalue weighted by Crippen LogP contribution is 2.31. The first kappa shape index (κ1) is 18.0. The van der Waals surface area contributed by atoms with E-state index < -0.39 is 11.6 Å². The van der Waals surface area contributed by atoms with Crippen LogP contribution in [0.3, 0.4) is 0 Å². The van der Waals surface area contributed by atoms with Crippen LogP contribution >= 0.6 is 0 Å². The molecule has 2 atom stereocenters. The Balaban J connectivity index is 2.37. The highest BCUT2D eigenvalue weighted by molar-refractivity contribution is 5.26. The predicted octanol–water partition coefficient (Wildman–Crippen LogP) is 2.71. The lowest BCUT2D eigenvalue weighted by Crippen LogP contribution is -2.26. The molecule has 0 unspecified atom stereocenters. The van der Waals surface area contributed by atoms with Gasteiger partial charge in [-0.2, -0.15) is 0 Å². The predicted molar refractivity (Wildman–Crippen MR) is 81.3 cm³/mol. The minimum absolute atomic E-state index is 0.0166. The minimum Gasteiger partial charge on any atom is -0.354 e.